The van der Waals surface area contributed by atoms with E-state index in [4.69, 9.17) is 9.84 Å². The summed E-state index contributed by atoms with van der Waals surface area (Å²) in [5.74, 6) is -1.18. The first-order valence-corrected chi connectivity index (χ1v) is 5.70. The lowest BCUT2D eigenvalue weighted by molar-refractivity contribution is -0.157. The van der Waals surface area contributed by atoms with Crippen molar-refractivity contribution in [3.05, 3.63) is 0 Å². The van der Waals surface area contributed by atoms with E-state index in [1.807, 2.05) is 0 Å². The molecule has 8 heteroatoms. The Labute approximate surface area is 109 Å². The van der Waals surface area contributed by atoms with Crippen LogP contribution >= 0.6 is 0 Å². The van der Waals surface area contributed by atoms with Crippen LogP contribution in [0.5, 0.6) is 0 Å². The molecule has 0 saturated heterocycles. The highest BCUT2D eigenvalue weighted by Gasteiger charge is 2.41. The van der Waals surface area contributed by atoms with Crippen LogP contribution in [0.25, 0.3) is 0 Å². The van der Waals surface area contributed by atoms with E-state index in [9.17, 15) is 22.8 Å². The summed E-state index contributed by atoms with van der Waals surface area (Å²) in [6.07, 6.45) is -6.90. The molecule has 0 saturated carbocycles. The Morgan fingerprint density at radius 1 is 1.26 bits per heavy atom. The van der Waals surface area contributed by atoms with Crippen molar-refractivity contribution < 1.29 is 32.6 Å². The number of halogens is 3. The largest absolute Gasteiger partial charge is 0.481 e. The second kappa shape index (κ2) is 6.63. The van der Waals surface area contributed by atoms with Crippen molar-refractivity contribution in [3.63, 3.8) is 0 Å². The van der Waals surface area contributed by atoms with E-state index in [2.05, 4.69) is 0 Å². The van der Waals surface area contributed by atoms with Gasteiger partial charge in [-0.05, 0) is 33.6 Å². The van der Waals surface area contributed by atoms with Crippen LogP contribution in [0.1, 0.15) is 40.0 Å². The molecule has 1 amide bonds. The van der Waals surface area contributed by atoms with Gasteiger partial charge in [-0.15, -0.1) is 0 Å². The van der Waals surface area contributed by atoms with Gasteiger partial charge < -0.3 is 15.2 Å². The number of nitrogens with one attached hydrogen (secondary N) is 1. The molecule has 0 radical (unpaired) electrons. The van der Waals surface area contributed by atoms with Crippen molar-refractivity contribution in [2.45, 2.75) is 57.9 Å². The van der Waals surface area contributed by atoms with Gasteiger partial charge in [-0.2, -0.15) is 13.2 Å². The maximum atomic E-state index is 12.6. The van der Waals surface area contributed by atoms with Gasteiger partial charge in [0, 0.05) is 6.42 Å². The number of alkyl carbamates (subject to hydrolysis) is 1. The maximum Gasteiger partial charge on any atom is 0.408 e. The van der Waals surface area contributed by atoms with Gasteiger partial charge in [0.05, 0.1) is 0 Å². The number of carboxylic acids is 1. The predicted molar refractivity (Wildman–Crippen MR) is 60.7 cm³/mol. The number of carbonyl (C=O) groups is 2. The van der Waals surface area contributed by atoms with E-state index in [-0.39, 0.29) is 12.8 Å². The molecule has 0 spiro atoms. The Balaban J connectivity index is 4.44. The molecule has 112 valence electrons. The molecule has 5 nitrogen and oxygen atoms in total. The highest BCUT2D eigenvalue weighted by Crippen LogP contribution is 2.24. The van der Waals surface area contributed by atoms with Crippen molar-refractivity contribution >= 4 is 12.1 Å². The SMILES string of the molecule is CC(C)(C)OC(=O)N[C@@H](CCCC(=O)O)C(F)(F)F. The Morgan fingerprint density at radius 3 is 2.16 bits per heavy atom. The smallest absolute Gasteiger partial charge is 0.408 e. The van der Waals surface area contributed by atoms with E-state index < -0.39 is 36.3 Å². The Hall–Kier alpha value is -1.47. The molecule has 0 aromatic rings. The Kier molecular flexibility index (Phi) is 6.11. The lowest BCUT2D eigenvalue weighted by atomic mass is 10.1. The Bertz CT molecular complexity index is 323. The van der Waals surface area contributed by atoms with E-state index in [0.29, 0.717) is 0 Å². The van der Waals surface area contributed by atoms with Gasteiger partial charge in [0.2, 0.25) is 0 Å². The fraction of sp³-hybridized carbons (Fsp3) is 0.818. The van der Waals surface area contributed by atoms with Gasteiger partial charge >= 0.3 is 18.2 Å². The third-order valence-electron chi connectivity index (χ3n) is 1.97. The molecule has 19 heavy (non-hydrogen) atoms. The highest BCUT2D eigenvalue weighted by atomic mass is 19.4. The summed E-state index contributed by atoms with van der Waals surface area (Å²) in [4.78, 5) is 21.5. The molecule has 0 heterocycles. The topological polar surface area (TPSA) is 75.6 Å². The second-order valence-electron chi connectivity index (χ2n) is 5.03. The Morgan fingerprint density at radius 2 is 1.79 bits per heavy atom. The van der Waals surface area contributed by atoms with Gasteiger partial charge in [0.1, 0.15) is 11.6 Å². The van der Waals surface area contributed by atoms with Crippen LogP contribution in [-0.4, -0.2) is 35.0 Å². The summed E-state index contributed by atoms with van der Waals surface area (Å²) in [7, 11) is 0. The lowest BCUT2D eigenvalue weighted by Crippen LogP contribution is -2.47. The fourth-order valence-corrected chi connectivity index (χ4v) is 1.22. The molecule has 0 fully saturated rings. The van der Waals surface area contributed by atoms with Gasteiger partial charge in [-0.1, -0.05) is 0 Å². The van der Waals surface area contributed by atoms with Gasteiger partial charge in [0.15, 0.2) is 0 Å². The van der Waals surface area contributed by atoms with Crippen LogP contribution in [0.3, 0.4) is 0 Å². The van der Waals surface area contributed by atoms with Crippen LogP contribution in [0.4, 0.5) is 18.0 Å². The van der Waals surface area contributed by atoms with E-state index in [0.717, 1.165) is 0 Å². The molecule has 0 aliphatic rings. The number of hydrogen-bond donors (Lipinski definition) is 2. The van der Waals surface area contributed by atoms with Crippen LogP contribution in [0, 0.1) is 0 Å². The first-order chi connectivity index (χ1) is 8.42. The summed E-state index contributed by atoms with van der Waals surface area (Å²) in [6, 6.07) is -2.11. The van der Waals surface area contributed by atoms with Crippen LogP contribution in [0.2, 0.25) is 0 Å². The zero-order chi connectivity index (χ0) is 15.3. The molecule has 2 N–H and O–H groups in total. The fourth-order valence-electron chi connectivity index (χ4n) is 1.22. The number of hydrogen-bond acceptors (Lipinski definition) is 3. The van der Waals surface area contributed by atoms with E-state index >= 15 is 0 Å². The minimum atomic E-state index is -4.64. The molecule has 0 unspecified atom stereocenters. The van der Waals surface area contributed by atoms with E-state index in [1.54, 1.807) is 5.32 Å². The minimum Gasteiger partial charge on any atom is -0.481 e. The molecule has 0 bridgehead atoms. The van der Waals surface area contributed by atoms with Crippen molar-refractivity contribution in [1.29, 1.82) is 0 Å². The number of carboxylic acid groups (broad SMARTS) is 1. The summed E-state index contributed by atoms with van der Waals surface area (Å²) in [5.41, 5.74) is -0.901. The number of ether oxygens (including phenoxy) is 1. The van der Waals surface area contributed by atoms with Crippen molar-refractivity contribution in [1.82, 2.24) is 5.32 Å². The zero-order valence-electron chi connectivity index (χ0n) is 11.0. The van der Waals surface area contributed by atoms with Crippen molar-refractivity contribution in [2.75, 3.05) is 0 Å². The first kappa shape index (κ1) is 17.5. The molecule has 0 aliphatic carbocycles. The number of aliphatic carboxylic acids is 1. The summed E-state index contributed by atoms with van der Waals surface area (Å²) < 4.78 is 42.6. The quantitative estimate of drug-likeness (QED) is 0.814. The number of rotatable bonds is 5. The predicted octanol–water partition coefficient (Wildman–Crippen LogP) is 2.70. The standard InChI is InChI=1S/C11H18F3NO4/c1-10(2,3)19-9(18)15-7(11(12,13)14)5-4-6-8(16)17/h7H,4-6H2,1-3H3,(H,15,18)(H,16,17)/t7-/m0/s1. The van der Waals surface area contributed by atoms with Gasteiger partial charge in [0.25, 0.3) is 0 Å². The third-order valence-corrected chi connectivity index (χ3v) is 1.97. The highest BCUT2D eigenvalue weighted by molar-refractivity contribution is 5.68. The zero-order valence-corrected chi connectivity index (χ0v) is 11.0. The summed E-state index contributed by atoms with van der Waals surface area (Å²) in [5, 5.41) is 10.1. The molecule has 0 aromatic heterocycles. The summed E-state index contributed by atoms with van der Waals surface area (Å²) in [6.45, 7) is 4.58. The molecule has 0 rings (SSSR count). The molecular formula is C11H18F3NO4. The normalized spacial score (nSPS) is 13.8. The first-order valence-electron chi connectivity index (χ1n) is 5.70. The number of carbonyl (C=O) groups excluding carboxylic acids is 1. The van der Waals surface area contributed by atoms with Crippen LogP contribution < -0.4 is 5.32 Å². The molecular weight excluding hydrogens is 267 g/mol. The van der Waals surface area contributed by atoms with Gasteiger partial charge in [-0.25, -0.2) is 4.79 Å². The number of alkyl halides is 3. The number of amides is 1. The second-order valence-corrected chi connectivity index (χ2v) is 5.03. The van der Waals surface area contributed by atoms with Crippen LogP contribution in [-0.2, 0) is 9.53 Å². The van der Waals surface area contributed by atoms with Gasteiger partial charge in [-0.3, -0.25) is 4.79 Å². The lowest BCUT2D eigenvalue weighted by Gasteiger charge is -2.25. The maximum absolute atomic E-state index is 12.6. The van der Waals surface area contributed by atoms with E-state index in [1.165, 1.54) is 20.8 Å². The third kappa shape index (κ3) is 9.15. The summed E-state index contributed by atoms with van der Waals surface area (Å²) >= 11 is 0. The molecule has 1 atom stereocenters. The average molecular weight is 285 g/mol. The molecule has 0 aliphatic heterocycles. The van der Waals surface area contributed by atoms with Crippen molar-refractivity contribution in [3.8, 4) is 0 Å². The monoisotopic (exact) mass is 285 g/mol. The minimum absolute atomic E-state index is 0.185. The molecule has 0 aromatic carbocycles. The average Bonchev–Trinajstić information content (AvgIpc) is 2.10. The van der Waals surface area contributed by atoms with Crippen molar-refractivity contribution in [2.24, 2.45) is 0 Å². The van der Waals surface area contributed by atoms with Crippen LogP contribution in [0.15, 0.2) is 0 Å².